The van der Waals surface area contributed by atoms with Crippen LogP contribution in [0, 0.1) is 10.1 Å². The van der Waals surface area contributed by atoms with Crippen LogP contribution in [0.4, 0.5) is 5.69 Å². The predicted molar refractivity (Wildman–Crippen MR) is 61.5 cm³/mol. The summed E-state index contributed by atoms with van der Waals surface area (Å²) in [6.45, 7) is 1.72. The number of carboxylic acid groups (broad SMARTS) is 1. The number of carboxylic acids is 1. The number of benzene rings is 1. The van der Waals surface area contributed by atoms with Gasteiger partial charge in [0.25, 0.3) is 5.69 Å². The van der Waals surface area contributed by atoms with E-state index < -0.39 is 10.9 Å². The van der Waals surface area contributed by atoms with E-state index in [-0.39, 0.29) is 18.0 Å². The zero-order valence-corrected chi connectivity index (χ0v) is 10.1. The number of halogens is 1. The molecule has 0 radical (unpaired) electrons. The maximum atomic E-state index is 10.7. The van der Waals surface area contributed by atoms with Crippen LogP contribution in [0.1, 0.15) is 24.8 Å². The summed E-state index contributed by atoms with van der Waals surface area (Å²) < 4.78 is 0.392. The Bertz CT molecular complexity index is 433. The van der Waals surface area contributed by atoms with Crippen molar-refractivity contribution in [1.29, 1.82) is 0 Å². The van der Waals surface area contributed by atoms with E-state index in [0.717, 1.165) is 0 Å². The molecule has 0 spiro atoms. The summed E-state index contributed by atoms with van der Waals surface area (Å²) in [4.78, 5) is 20.7. The van der Waals surface area contributed by atoms with Crippen LogP contribution in [-0.2, 0) is 4.79 Å². The lowest BCUT2D eigenvalue weighted by atomic mass is 9.97. The molecule has 0 aliphatic rings. The standard InChI is InChI=1S/C10H10BrNO4/c1-6(4-10(13)14)7-2-3-8(11)9(5-7)12(15)16/h2-3,5-6H,4H2,1H3,(H,13,14). The Kier molecular flexibility index (Phi) is 4.00. The van der Waals surface area contributed by atoms with Crippen molar-refractivity contribution in [3.63, 3.8) is 0 Å². The van der Waals surface area contributed by atoms with Crippen molar-refractivity contribution < 1.29 is 14.8 Å². The molecule has 0 saturated carbocycles. The van der Waals surface area contributed by atoms with Gasteiger partial charge in [0, 0.05) is 6.07 Å². The van der Waals surface area contributed by atoms with Crippen molar-refractivity contribution in [2.24, 2.45) is 0 Å². The number of carbonyl (C=O) groups is 1. The van der Waals surface area contributed by atoms with Crippen LogP contribution in [0.3, 0.4) is 0 Å². The number of nitro groups is 1. The number of hydrogen-bond acceptors (Lipinski definition) is 3. The minimum Gasteiger partial charge on any atom is -0.481 e. The van der Waals surface area contributed by atoms with Gasteiger partial charge < -0.3 is 5.11 Å². The van der Waals surface area contributed by atoms with Gasteiger partial charge in [-0.1, -0.05) is 13.0 Å². The van der Waals surface area contributed by atoms with Gasteiger partial charge in [-0.25, -0.2) is 0 Å². The van der Waals surface area contributed by atoms with Crippen LogP contribution in [0.5, 0.6) is 0 Å². The van der Waals surface area contributed by atoms with Crippen molar-refractivity contribution in [1.82, 2.24) is 0 Å². The molecule has 5 nitrogen and oxygen atoms in total. The molecular weight excluding hydrogens is 278 g/mol. The van der Waals surface area contributed by atoms with Crippen molar-refractivity contribution in [3.8, 4) is 0 Å². The van der Waals surface area contributed by atoms with E-state index in [4.69, 9.17) is 5.11 Å². The van der Waals surface area contributed by atoms with Gasteiger partial charge in [-0.3, -0.25) is 14.9 Å². The van der Waals surface area contributed by atoms with E-state index in [1.165, 1.54) is 6.07 Å². The normalized spacial score (nSPS) is 12.1. The molecule has 16 heavy (non-hydrogen) atoms. The fourth-order valence-electron chi connectivity index (χ4n) is 1.36. The molecule has 1 aromatic rings. The van der Waals surface area contributed by atoms with Crippen molar-refractivity contribution >= 4 is 27.6 Å². The van der Waals surface area contributed by atoms with Crippen LogP contribution in [-0.4, -0.2) is 16.0 Å². The number of hydrogen-bond donors (Lipinski definition) is 1. The Morgan fingerprint density at radius 2 is 2.25 bits per heavy atom. The molecule has 0 aliphatic carbocycles. The first-order valence-corrected chi connectivity index (χ1v) is 5.36. The summed E-state index contributed by atoms with van der Waals surface area (Å²) >= 11 is 3.07. The number of nitro benzene ring substituents is 1. The van der Waals surface area contributed by atoms with Gasteiger partial charge in [-0.15, -0.1) is 0 Å². The topological polar surface area (TPSA) is 80.4 Å². The molecule has 0 aliphatic heterocycles. The highest BCUT2D eigenvalue weighted by Crippen LogP contribution is 2.29. The average molecular weight is 288 g/mol. The van der Waals surface area contributed by atoms with Gasteiger partial charge in [0.2, 0.25) is 0 Å². The second kappa shape index (κ2) is 5.07. The largest absolute Gasteiger partial charge is 0.481 e. The Morgan fingerprint density at radius 1 is 1.62 bits per heavy atom. The Morgan fingerprint density at radius 3 is 2.75 bits per heavy atom. The van der Waals surface area contributed by atoms with Crippen molar-refractivity contribution in [2.75, 3.05) is 0 Å². The van der Waals surface area contributed by atoms with E-state index >= 15 is 0 Å². The number of nitrogens with zero attached hydrogens (tertiary/aromatic N) is 1. The summed E-state index contributed by atoms with van der Waals surface area (Å²) in [6.07, 6.45) is -0.0429. The summed E-state index contributed by atoms with van der Waals surface area (Å²) in [5.41, 5.74) is 0.604. The van der Waals surface area contributed by atoms with E-state index in [0.29, 0.717) is 10.0 Å². The molecule has 1 atom stereocenters. The van der Waals surface area contributed by atoms with Gasteiger partial charge in [-0.2, -0.15) is 0 Å². The van der Waals surface area contributed by atoms with Crippen LogP contribution < -0.4 is 0 Å². The predicted octanol–water partition coefficient (Wildman–Crippen LogP) is 2.94. The first kappa shape index (κ1) is 12.6. The zero-order valence-electron chi connectivity index (χ0n) is 8.51. The molecule has 0 bridgehead atoms. The van der Waals surface area contributed by atoms with Gasteiger partial charge >= 0.3 is 5.97 Å². The molecular formula is C10H10BrNO4. The smallest absolute Gasteiger partial charge is 0.303 e. The lowest BCUT2D eigenvalue weighted by Gasteiger charge is -2.09. The average Bonchev–Trinajstić information content (AvgIpc) is 2.16. The highest BCUT2D eigenvalue weighted by atomic mass is 79.9. The molecule has 0 aromatic heterocycles. The van der Waals surface area contributed by atoms with E-state index in [2.05, 4.69) is 15.9 Å². The van der Waals surface area contributed by atoms with Gasteiger partial charge in [-0.05, 0) is 33.5 Å². The zero-order chi connectivity index (χ0) is 12.3. The molecule has 0 saturated heterocycles. The van der Waals surface area contributed by atoms with E-state index in [1.54, 1.807) is 19.1 Å². The molecule has 1 unspecified atom stereocenters. The third-order valence-electron chi connectivity index (χ3n) is 2.22. The van der Waals surface area contributed by atoms with Crippen molar-refractivity contribution in [3.05, 3.63) is 38.3 Å². The SMILES string of the molecule is CC(CC(=O)O)c1ccc(Br)c([N+](=O)[O-])c1. The minimum atomic E-state index is -0.918. The van der Waals surface area contributed by atoms with E-state index in [1.807, 2.05) is 0 Å². The third kappa shape index (κ3) is 3.03. The first-order chi connectivity index (χ1) is 7.41. The molecule has 0 heterocycles. The first-order valence-electron chi connectivity index (χ1n) is 4.57. The Labute approximate surface area is 100 Å². The quantitative estimate of drug-likeness (QED) is 0.682. The van der Waals surface area contributed by atoms with Crippen molar-refractivity contribution in [2.45, 2.75) is 19.3 Å². The Balaban J connectivity index is 3.02. The summed E-state index contributed by atoms with van der Waals surface area (Å²) in [5.74, 6) is -1.16. The second-order valence-electron chi connectivity index (χ2n) is 3.47. The van der Waals surface area contributed by atoms with Crippen LogP contribution in [0.2, 0.25) is 0 Å². The fourth-order valence-corrected chi connectivity index (χ4v) is 1.75. The van der Waals surface area contributed by atoms with Gasteiger partial charge in [0.1, 0.15) is 0 Å². The van der Waals surface area contributed by atoms with Gasteiger partial charge in [0.15, 0.2) is 0 Å². The van der Waals surface area contributed by atoms with Gasteiger partial charge in [0.05, 0.1) is 15.8 Å². The molecule has 1 N–H and O–H groups in total. The molecule has 1 rings (SSSR count). The monoisotopic (exact) mass is 287 g/mol. The lowest BCUT2D eigenvalue weighted by molar-refractivity contribution is -0.385. The summed E-state index contributed by atoms with van der Waals surface area (Å²) in [6, 6.07) is 4.65. The summed E-state index contributed by atoms with van der Waals surface area (Å²) in [7, 11) is 0. The fraction of sp³-hybridized carbons (Fsp3) is 0.300. The molecule has 0 fully saturated rings. The minimum absolute atomic E-state index is 0.0429. The second-order valence-corrected chi connectivity index (χ2v) is 4.32. The maximum Gasteiger partial charge on any atom is 0.303 e. The molecule has 0 amide bonds. The van der Waals surface area contributed by atoms with E-state index in [9.17, 15) is 14.9 Å². The third-order valence-corrected chi connectivity index (χ3v) is 2.89. The number of aliphatic carboxylic acids is 1. The summed E-state index contributed by atoms with van der Waals surface area (Å²) in [5, 5.41) is 19.3. The highest BCUT2D eigenvalue weighted by molar-refractivity contribution is 9.10. The maximum absolute atomic E-state index is 10.7. The highest BCUT2D eigenvalue weighted by Gasteiger charge is 2.16. The van der Waals surface area contributed by atoms with Crippen LogP contribution in [0.25, 0.3) is 0 Å². The van der Waals surface area contributed by atoms with Crippen LogP contribution >= 0.6 is 15.9 Å². The number of rotatable bonds is 4. The molecule has 1 aromatic carbocycles. The lowest BCUT2D eigenvalue weighted by Crippen LogP contribution is -2.03. The molecule has 86 valence electrons. The molecule has 6 heteroatoms. The van der Waals surface area contributed by atoms with Crippen LogP contribution in [0.15, 0.2) is 22.7 Å². The Hall–Kier alpha value is -1.43.